The van der Waals surface area contributed by atoms with Gasteiger partial charge >= 0.3 is 5.63 Å². The molecule has 0 saturated heterocycles. The Morgan fingerprint density at radius 3 is 2.77 bits per heavy atom. The van der Waals surface area contributed by atoms with Gasteiger partial charge in [0.15, 0.2) is 5.76 Å². The molecular weight excluding hydrogens is 284 g/mol. The number of carbonyl (C=O) groups is 1. The second kappa shape index (κ2) is 6.17. The summed E-state index contributed by atoms with van der Waals surface area (Å²) >= 11 is 0. The van der Waals surface area contributed by atoms with E-state index in [9.17, 15) is 9.59 Å². The van der Waals surface area contributed by atoms with Crippen LogP contribution in [0, 0.1) is 0 Å². The third kappa shape index (κ3) is 3.01. The molecule has 0 atom stereocenters. The first-order valence-electron chi connectivity index (χ1n) is 6.82. The number of hydrogen-bond donors (Lipinski definition) is 2. The molecule has 3 aromatic rings. The van der Waals surface area contributed by atoms with Crippen molar-refractivity contribution in [2.24, 2.45) is 0 Å². The van der Waals surface area contributed by atoms with Crippen molar-refractivity contribution in [3.05, 3.63) is 64.9 Å². The Morgan fingerprint density at radius 1 is 1.09 bits per heavy atom. The molecule has 112 valence electrons. The van der Waals surface area contributed by atoms with E-state index in [0.717, 1.165) is 5.39 Å². The van der Waals surface area contributed by atoms with Crippen LogP contribution in [0.3, 0.4) is 0 Å². The number of furan rings is 1. The van der Waals surface area contributed by atoms with E-state index in [1.807, 2.05) is 12.1 Å². The first-order chi connectivity index (χ1) is 10.7. The van der Waals surface area contributed by atoms with E-state index in [2.05, 4.69) is 10.6 Å². The SMILES string of the molecule is O=C(NCCNc1cc(=O)oc2ccccc12)c1ccco1. The van der Waals surface area contributed by atoms with Crippen LogP contribution >= 0.6 is 0 Å². The maximum absolute atomic E-state index is 11.7. The highest BCUT2D eigenvalue weighted by Crippen LogP contribution is 2.20. The summed E-state index contributed by atoms with van der Waals surface area (Å²) in [5, 5.41) is 6.66. The average Bonchev–Trinajstić information content (AvgIpc) is 3.05. The van der Waals surface area contributed by atoms with Crippen LogP contribution in [0.15, 0.2) is 62.4 Å². The van der Waals surface area contributed by atoms with Gasteiger partial charge in [0.2, 0.25) is 0 Å². The van der Waals surface area contributed by atoms with Crippen LogP contribution in [0.2, 0.25) is 0 Å². The van der Waals surface area contributed by atoms with Crippen molar-refractivity contribution in [3.8, 4) is 0 Å². The molecule has 2 aromatic heterocycles. The van der Waals surface area contributed by atoms with Crippen LogP contribution in [0.5, 0.6) is 0 Å². The zero-order chi connectivity index (χ0) is 15.4. The molecule has 0 aliphatic rings. The number of anilines is 1. The minimum absolute atomic E-state index is 0.269. The quantitative estimate of drug-likeness (QED) is 0.557. The third-order valence-corrected chi connectivity index (χ3v) is 3.12. The zero-order valence-electron chi connectivity index (χ0n) is 11.7. The molecule has 0 saturated carbocycles. The molecule has 0 bridgehead atoms. The van der Waals surface area contributed by atoms with E-state index in [4.69, 9.17) is 8.83 Å². The Hall–Kier alpha value is -3.02. The smallest absolute Gasteiger partial charge is 0.338 e. The summed E-state index contributed by atoms with van der Waals surface area (Å²) in [6, 6.07) is 11.9. The summed E-state index contributed by atoms with van der Waals surface area (Å²) in [6.45, 7) is 0.869. The van der Waals surface area contributed by atoms with E-state index in [1.165, 1.54) is 12.3 Å². The summed E-state index contributed by atoms with van der Waals surface area (Å²) in [7, 11) is 0. The Morgan fingerprint density at radius 2 is 1.95 bits per heavy atom. The van der Waals surface area contributed by atoms with Crippen LogP contribution < -0.4 is 16.3 Å². The average molecular weight is 298 g/mol. The molecule has 0 aliphatic heterocycles. The van der Waals surface area contributed by atoms with E-state index >= 15 is 0 Å². The zero-order valence-corrected chi connectivity index (χ0v) is 11.7. The van der Waals surface area contributed by atoms with Gasteiger partial charge in [0, 0.05) is 24.5 Å². The standard InChI is InChI=1S/C16H14N2O4/c19-15-10-12(11-4-1-2-5-13(11)22-15)17-7-8-18-16(20)14-6-3-9-21-14/h1-6,9-10,17H,7-8H2,(H,18,20). The molecule has 0 radical (unpaired) electrons. The predicted molar refractivity (Wildman–Crippen MR) is 82.0 cm³/mol. The topological polar surface area (TPSA) is 84.5 Å². The summed E-state index contributed by atoms with van der Waals surface area (Å²) < 4.78 is 10.1. The van der Waals surface area contributed by atoms with Crippen molar-refractivity contribution in [2.75, 3.05) is 18.4 Å². The highest BCUT2D eigenvalue weighted by Gasteiger charge is 2.07. The normalized spacial score (nSPS) is 10.5. The van der Waals surface area contributed by atoms with Gasteiger partial charge in [0.1, 0.15) is 5.58 Å². The van der Waals surface area contributed by atoms with Crippen LogP contribution in [0.25, 0.3) is 11.0 Å². The van der Waals surface area contributed by atoms with Gasteiger partial charge in [0.25, 0.3) is 5.91 Å². The molecule has 3 rings (SSSR count). The fourth-order valence-corrected chi connectivity index (χ4v) is 2.13. The predicted octanol–water partition coefficient (Wildman–Crippen LogP) is 2.23. The summed E-state index contributed by atoms with van der Waals surface area (Å²) in [5.41, 5.74) is 0.789. The molecule has 2 heterocycles. The van der Waals surface area contributed by atoms with Gasteiger partial charge in [-0.1, -0.05) is 12.1 Å². The molecule has 2 N–H and O–H groups in total. The van der Waals surface area contributed by atoms with Crippen LogP contribution in [0.1, 0.15) is 10.6 Å². The molecule has 0 spiro atoms. The lowest BCUT2D eigenvalue weighted by atomic mass is 10.2. The Labute approximate surface area is 125 Å². The molecule has 22 heavy (non-hydrogen) atoms. The van der Waals surface area contributed by atoms with Crippen LogP contribution in [-0.4, -0.2) is 19.0 Å². The summed E-state index contributed by atoms with van der Waals surface area (Å²) in [4.78, 5) is 23.2. The lowest BCUT2D eigenvalue weighted by Crippen LogP contribution is -2.28. The van der Waals surface area contributed by atoms with Gasteiger partial charge in [-0.3, -0.25) is 4.79 Å². The monoisotopic (exact) mass is 298 g/mol. The number of carbonyl (C=O) groups excluding carboxylic acids is 1. The van der Waals surface area contributed by atoms with E-state index < -0.39 is 5.63 Å². The molecule has 6 heteroatoms. The number of rotatable bonds is 5. The molecule has 0 aliphatic carbocycles. The maximum Gasteiger partial charge on any atom is 0.338 e. The van der Waals surface area contributed by atoms with Crippen molar-refractivity contribution in [1.82, 2.24) is 5.32 Å². The van der Waals surface area contributed by atoms with Gasteiger partial charge < -0.3 is 19.5 Å². The lowest BCUT2D eigenvalue weighted by molar-refractivity contribution is 0.0927. The van der Waals surface area contributed by atoms with Crippen molar-refractivity contribution in [1.29, 1.82) is 0 Å². The summed E-state index contributed by atoms with van der Waals surface area (Å²) in [6.07, 6.45) is 1.45. The highest BCUT2D eigenvalue weighted by molar-refractivity contribution is 5.91. The molecule has 1 amide bonds. The molecule has 0 unspecified atom stereocenters. The second-order valence-corrected chi connectivity index (χ2v) is 4.64. The van der Waals surface area contributed by atoms with Crippen LogP contribution in [0.4, 0.5) is 5.69 Å². The number of hydrogen-bond acceptors (Lipinski definition) is 5. The van der Waals surface area contributed by atoms with E-state index in [1.54, 1.807) is 24.3 Å². The number of nitrogens with one attached hydrogen (secondary N) is 2. The van der Waals surface area contributed by atoms with Gasteiger partial charge in [-0.25, -0.2) is 4.79 Å². The fraction of sp³-hybridized carbons (Fsp3) is 0.125. The first kappa shape index (κ1) is 13.9. The summed E-state index contributed by atoms with van der Waals surface area (Å²) in [5.74, 6) is -0.00459. The molecule has 1 aromatic carbocycles. The number of fused-ring (bicyclic) bond motifs is 1. The molecular formula is C16H14N2O4. The highest BCUT2D eigenvalue weighted by atomic mass is 16.4. The minimum Gasteiger partial charge on any atom is -0.459 e. The van der Waals surface area contributed by atoms with E-state index in [-0.39, 0.29) is 11.7 Å². The lowest BCUT2D eigenvalue weighted by Gasteiger charge is -2.09. The van der Waals surface area contributed by atoms with Crippen LogP contribution in [-0.2, 0) is 0 Å². The van der Waals surface area contributed by atoms with Crippen molar-refractivity contribution < 1.29 is 13.6 Å². The van der Waals surface area contributed by atoms with Crippen molar-refractivity contribution in [3.63, 3.8) is 0 Å². The van der Waals surface area contributed by atoms with Crippen molar-refractivity contribution in [2.45, 2.75) is 0 Å². The Kier molecular flexibility index (Phi) is 3.91. The number of para-hydroxylation sites is 1. The third-order valence-electron chi connectivity index (χ3n) is 3.12. The van der Waals surface area contributed by atoms with Gasteiger partial charge in [-0.2, -0.15) is 0 Å². The minimum atomic E-state index is -0.416. The first-order valence-corrected chi connectivity index (χ1v) is 6.82. The van der Waals surface area contributed by atoms with Gasteiger partial charge in [-0.05, 0) is 24.3 Å². The Balaban J connectivity index is 1.62. The largest absolute Gasteiger partial charge is 0.459 e. The van der Waals surface area contributed by atoms with E-state index in [0.29, 0.717) is 24.4 Å². The second-order valence-electron chi connectivity index (χ2n) is 4.64. The number of amides is 1. The van der Waals surface area contributed by atoms with Crippen molar-refractivity contribution >= 4 is 22.6 Å². The van der Waals surface area contributed by atoms with Gasteiger partial charge in [-0.15, -0.1) is 0 Å². The fourth-order valence-electron chi connectivity index (χ4n) is 2.13. The molecule has 0 fully saturated rings. The maximum atomic E-state index is 11.7. The van der Waals surface area contributed by atoms with Gasteiger partial charge in [0.05, 0.1) is 12.0 Å². The number of benzene rings is 1. The molecule has 6 nitrogen and oxygen atoms in total. The Bertz CT molecular complexity index is 837.